The van der Waals surface area contributed by atoms with Crippen molar-refractivity contribution in [3.05, 3.63) is 28.8 Å². The van der Waals surface area contributed by atoms with Gasteiger partial charge in [-0.1, -0.05) is 24.6 Å². The fourth-order valence-corrected chi connectivity index (χ4v) is 2.27. The summed E-state index contributed by atoms with van der Waals surface area (Å²) in [4.78, 5) is 6.82. The van der Waals surface area contributed by atoms with E-state index in [9.17, 15) is 0 Å². The Labute approximate surface area is 145 Å². The molecule has 130 valence electrons. The molecule has 0 radical (unpaired) electrons. The number of guanidine groups is 1. The molecular weight excluding hydrogens is 312 g/mol. The van der Waals surface area contributed by atoms with Crippen molar-refractivity contribution in [1.82, 2.24) is 15.5 Å². The quantitative estimate of drug-likeness (QED) is 0.535. The lowest BCUT2D eigenvalue weighted by atomic mass is 10.1. The number of ether oxygens (including phenoxy) is 1. The van der Waals surface area contributed by atoms with Crippen LogP contribution in [0.25, 0.3) is 0 Å². The van der Waals surface area contributed by atoms with Crippen LogP contribution in [0.5, 0.6) is 5.75 Å². The number of aliphatic imine (C=N–C) groups is 1. The minimum Gasteiger partial charge on any atom is -0.497 e. The van der Waals surface area contributed by atoms with Gasteiger partial charge in [0, 0.05) is 24.7 Å². The highest BCUT2D eigenvalue weighted by molar-refractivity contribution is 6.31. The number of hydrogen-bond acceptors (Lipinski definition) is 3. The molecule has 0 aromatic heterocycles. The van der Waals surface area contributed by atoms with E-state index in [0.29, 0.717) is 0 Å². The summed E-state index contributed by atoms with van der Waals surface area (Å²) in [5.41, 5.74) is 1.10. The van der Waals surface area contributed by atoms with Gasteiger partial charge >= 0.3 is 0 Å². The monoisotopic (exact) mass is 340 g/mol. The standard InChI is InChI=1S/C17H29ClN4O/c1-5-19-17(21-11-12-22(3)6-2)20-10-9-14-7-8-15(23-4)13-16(14)18/h7-8,13H,5-6,9-12H2,1-4H3,(H2,19,20,21). The fraction of sp³-hybridized carbons (Fsp3) is 0.588. The first-order valence-electron chi connectivity index (χ1n) is 8.13. The molecule has 1 aromatic carbocycles. The first-order chi connectivity index (χ1) is 11.1. The largest absolute Gasteiger partial charge is 0.497 e. The third-order valence-electron chi connectivity index (χ3n) is 3.58. The zero-order valence-corrected chi connectivity index (χ0v) is 15.4. The van der Waals surface area contributed by atoms with Gasteiger partial charge in [0.05, 0.1) is 13.7 Å². The van der Waals surface area contributed by atoms with Crippen LogP contribution in [0, 0.1) is 0 Å². The molecule has 0 unspecified atom stereocenters. The maximum atomic E-state index is 6.26. The van der Waals surface area contributed by atoms with Gasteiger partial charge in [-0.05, 0) is 44.6 Å². The Kier molecular flexibility index (Phi) is 9.48. The van der Waals surface area contributed by atoms with Gasteiger partial charge in [0.1, 0.15) is 5.75 Å². The van der Waals surface area contributed by atoms with Crippen molar-refractivity contribution in [2.24, 2.45) is 4.99 Å². The second-order valence-corrected chi connectivity index (χ2v) is 5.70. The lowest BCUT2D eigenvalue weighted by molar-refractivity contribution is 0.363. The van der Waals surface area contributed by atoms with Crippen molar-refractivity contribution in [3.8, 4) is 5.75 Å². The minimum atomic E-state index is 0.734. The lowest BCUT2D eigenvalue weighted by Gasteiger charge is -2.14. The molecule has 0 heterocycles. The third kappa shape index (κ3) is 7.57. The van der Waals surface area contributed by atoms with Crippen LogP contribution in [0.15, 0.2) is 23.2 Å². The molecule has 0 saturated heterocycles. The van der Waals surface area contributed by atoms with Gasteiger partial charge in [-0.15, -0.1) is 0 Å². The Hall–Kier alpha value is -1.46. The smallest absolute Gasteiger partial charge is 0.191 e. The van der Waals surface area contributed by atoms with E-state index >= 15 is 0 Å². The molecule has 6 heteroatoms. The van der Waals surface area contributed by atoms with Crippen molar-refractivity contribution in [2.75, 3.05) is 46.9 Å². The highest BCUT2D eigenvalue weighted by Crippen LogP contribution is 2.22. The molecule has 0 atom stereocenters. The Balaban J connectivity index is 2.47. The van der Waals surface area contributed by atoms with E-state index < -0.39 is 0 Å². The molecule has 0 bridgehead atoms. The number of methoxy groups -OCH3 is 1. The van der Waals surface area contributed by atoms with Crippen LogP contribution in [-0.4, -0.2) is 57.7 Å². The van der Waals surface area contributed by atoms with Crippen LogP contribution >= 0.6 is 11.6 Å². The average molecular weight is 341 g/mol. The molecule has 23 heavy (non-hydrogen) atoms. The summed E-state index contributed by atoms with van der Waals surface area (Å²) in [6.07, 6.45) is 0.835. The highest BCUT2D eigenvalue weighted by atomic mass is 35.5. The summed E-state index contributed by atoms with van der Waals surface area (Å²) >= 11 is 6.26. The molecule has 0 spiro atoms. The van der Waals surface area contributed by atoms with E-state index in [4.69, 9.17) is 16.3 Å². The van der Waals surface area contributed by atoms with E-state index in [-0.39, 0.29) is 0 Å². The Morgan fingerprint density at radius 2 is 2.09 bits per heavy atom. The van der Waals surface area contributed by atoms with Gasteiger partial charge in [-0.2, -0.15) is 0 Å². The Morgan fingerprint density at radius 3 is 2.70 bits per heavy atom. The second-order valence-electron chi connectivity index (χ2n) is 5.29. The molecular formula is C17H29ClN4O. The van der Waals surface area contributed by atoms with Crippen LogP contribution in [0.1, 0.15) is 19.4 Å². The number of likely N-dealkylation sites (N-methyl/N-ethyl adjacent to an activating group) is 1. The van der Waals surface area contributed by atoms with Gasteiger partial charge in [0.2, 0.25) is 0 Å². The highest BCUT2D eigenvalue weighted by Gasteiger charge is 2.03. The average Bonchev–Trinajstić information content (AvgIpc) is 2.55. The molecule has 1 aromatic rings. The first kappa shape index (κ1) is 19.6. The van der Waals surface area contributed by atoms with Gasteiger partial charge in [0.25, 0.3) is 0 Å². The summed E-state index contributed by atoms with van der Waals surface area (Å²) in [5, 5.41) is 7.34. The van der Waals surface area contributed by atoms with Crippen LogP contribution in [0.3, 0.4) is 0 Å². The fourth-order valence-electron chi connectivity index (χ4n) is 2.01. The topological polar surface area (TPSA) is 48.9 Å². The van der Waals surface area contributed by atoms with Crippen molar-refractivity contribution in [1.29, 1.82) is 0 Å². The molecule has 0 saturated carbocycles. The summed E-state index contributed by atoms with van der Waals surface area (Å²) in [7, 11) is 3.74. The van der Waals surface area contributed by atoms with Gasteiger partial charge in [-0.25, -0.2) is 0 Å². The van der Waals surface area contributed by atoms with Crippen molar-refractivity contribution < 1.29 is 4.74 Å². The Morgan fingerprint density at radius 1 is 1.30 bits per heavy atom. The minimum absolute atomic E-state index is 0.734. The van der Waals surface area contributed by atoms with Crippen LogP contribution in [0.2, 0.25) is 5.02 Å². The van der Waals surface area contributed by atoms with E-state index in [2.05, 4.69) is 41.4 Å². The molecule has 0 amide bonds. The van der Waals surface area contributed by atoms with E-state index in [0.717, 1.165) is 61.4 Å². The van der Waals surface area contributed by atoms with E-state index in [1.165, 1.54) is 0 Å². The number of hydrogen-bond donors (Lipinski definition) is 2. The zero-order chi connectivity index (χ0) is 17.1. The van der Waals surface area contributed by atoms with Crippen molar-refractivity contribution >= 4 is 17.6 Å². The number of nitrogens with zero attached hydrogens (tertiary/aromatic N) is 2. The molecule has 2 N–H and O–H groups in total. The van der Waals surface area contributed by atoms with E-state index in [1.54, 1.807) is 7.11 Å². The maximum absolute atomic E-state index is 6.26. The summed E-state index contributed by atoms with van der Waals surface area (Å²) < 4.78 is 5.16. The number of nitrogens with one attached hydrogen (secondary N) is 2. The molecule has 5 nitrogen and oxygen atoms in total. The molecule has 1 rings (SSSR count). The van der Waals surface area contributed by atoms with Crippen LogP contribution in [0.4, 0.5) is 0 Å². The number of benzene rings is 1. The lowest BCUT2D eigenvalue weighted by Crippen LogP contribution is -2.39. The SMILES string of the molecule is CCNC(=NCCN(C)CC)NCCc1ccc(OC)cc1Cl. The molecule has 0 fully saturated rings. The predicted octanol–water partition coefficient (Wildman–Crippen LogP) is 2.40. The molecule has 0 aliphatic heterocycles. The number of halogens is 1. The normalized spacial score (nSPS) is 11.7. The van der Waals surface area contributed by atoms with Gasteiger partial charge in [-0.3, -0.25) is 4.99 Å². The third-order valence-corrected chi connectivity index (χ3v) is 3.93. The molecule has 0 aliphatic carbocycles. The van der Waals surface area contributed by atoms with Crippen molar-refractivity contribution in [2.45, 2.75) is 20.3 Å². The second kappa shape index (κ2) is 11.1. The van der Waals surface area contributed by atoms with E-state index in [1.807, 2.05) is 18.2 Å². The van der Waals surface area contributed by atoms with Crippen molar-refractivity contribution in [3.63, 3.8) is 0 Å². The number of rotatable bonds is 9. The Bertz CT molecular complexity index is 493. The summed E-state index contributed by atoms with van der Waals surface area (Å²) in [6.45, 7) is 8.61. The predicted molar refractivity (Wildman–Crippen MR) is 98.9 cm³/mol. The van der Waals surface area contributed by atoms with Gasteiger partial charge < -0.3 is 20.3 Å². The molecule has 0 aliphatic rings. The summed E-state index contributed by atoms with van der Waals surface area (Å²) in [6, 6.07) is 5.78. The zero-order valence-electron chi connectivity index (χ0n) is 14.7. The van der Waals surface area contributed by atoms with Crippen LogP contribution in [-0.2, 0) is 6.42 Å². The first-order valence-corrected chi connectivity index (χ1v) is 8.51. The van der Waals surface area contributed by atoms with Crippen LogP contribution < -0.4 is 15.4 Å². The maximum Gasteiger partial charge on any atom is 0.191 e. The summed E-state index contributed by atoms with van der Waals surface area (Å²) in [5.74, 6) is 1.63. The van der Waals surface area contributed by atoms with Gasteiger partial charge in [0.15, 0.2) is 5.96 Å².